The van der Waals surface area contributed by atoms with Crippen LogP contribution < -0.4 is 11.4 Å². The highest BCUT2D eigenvalue weighted by Crippen LogP contribution is 2.28. The molecule has 1 aromatic carbocycles. The molecule has 1 atom stereocenters. The highest BCUT2D eigenvalue weighted by atomic mass is 32.2. The molecule has 0 aliphatic heterocycles. The number of nitrogens with two attached hydrogens (primary N) is 1. The fourth-order valence-electron chi connectivity index (χ4n) is 1.72. The molecule has 0 bridgehead atoms. The highest BCUT2D eigenvalue weighted by molar-refractivity contribution is 7.99. The van der Waals surface area contributed by atoms with Crippen LogP contribution in [0.15, 0.2) is 39.1 Å². The maximum Gasteiger partial charge on any atom is 0.343 e. The SMILES string of the molecule is CCC(N)Cc1ccccc1Sc1n[nH]c(=O)n1C. The molecular formula is C13H18N4OS. The monoisotopic (exact) mass is 278 g/mol. The summed E-state index contributed by atoms with van der Waals surface area (Å²) in [6.45, 7) is 2.08. The normalized spacial score (nSPS) is 12.6. The van der Waals surface area contributed by atoms with Gasteiger partial charge >= 0.3 is 5.69 Å². The number of hydrogen-bond donors (Lipinski definition) is 2. The molecule has 1 heterocycles. The Morgan fingerprint density at radius 2 is 2.21 bits per heavy atom. The van der Waals surface area contributed by atoms with Gasteiger partial charge in [-0.1, -0.05) is 25.1 Å². The second-order valence-electron chi connectivity index (χ2n) is 4.45. The summed E-state index contributed by atoms with van der Waals surface area (Å²) in [6, 6.07) is 8.24. The quantitative estimate of drug-likeness (QED) is 0.869. The summed E-state index contributed by atoms with van der Waals surface area (Å²) in [4.78, 5) is 12.4. The van der Waals surface area contributed by atoms with Crippen LogP contribution in [0.4, 0.5) is 0 Å². The van der Waals surface area contributed by atoms with Crippen LogP contribution in [0.5, 0.6) is 0 Å². The summed E-state index contributed by atoms with van der Waals surface area (Å²) in [6.07, 6.45) is 1.78. The summed E-state index contributed by atoms with van der Waals surface area (Å²) in [5.74, 6) is 0. The summed E-state index contributed by atoms with van der Waals surface area (Å²) in [5.41, 5.74) is 7.00. The smallest absolute Gasteiger partial charge is 0.327 e. The fourth-order valence-corrected chi connectivity index (χ4v) is 2.66. The first-order valence-electron chi connectivity index (χ1n) is 6.24. The van der Waals surface area contributed by atoms with Gasteiger partial charge in [-0.15, -0.1) is 5.10 Å². The average Bonchev–Trinajstić information content (AvgIpc) is 2.73. The largest absolute Gasteiger partial charge is 0.343 e. The number of H-pyrrole nitrogens is 1. The lowest BCUT2D eigenvalue weighted by atomic mass is 10.1. The second kappa shape index (κ2) is 6.08. The second-order valence-corrected chi connectivity index (χ2v) is 5.46. The van der Waals surface area contributed by atoms with Crippen LogP contribution in [0, 0.1) is 0 Å². The van der Waals surface area contributed by atoms with Gasteiger partial charge < -0.3 is 5.73 Å². The minimum atomic E-state index is -0.203. The summed E-state index contributed by atoms with van der Waals surface area (Å²) >= 11 is 1.48. The summed E-state index contributed by atoms with van der Waals surface area (Å²) < 4.78 is 1.50. The van der Waals surface area contributed by atoms with Crippen molar-refractivity contribution in [2.45, 2.75) is 35.9 Å². The van der Waals surface area contributed by atoms with Gasteiger partial charge in [0.25, 0.3) is 0 Å². The Morgan fingerprint density at radius 1 is 1.47 bits per heavy atom. The number of nitrogens with zero attached hydrogens (tertiary/aromatic N) is 2. The number of nitrogens with one attached hydrogen (secondary N) is 1. The van der Waals surface area contributed by atoms with E-state index in [0.29, 0.717) is 5.16 Å². The first kappa shape index (κ1) is 13.9. The third-order valence-corrected chi connectivity index (χ3v) is 4.18. The molecule has 2 rings (SSSR count). The lowest BCUT2D eigenvalue weighted by Gasteiger charge is -2.12. The van der Waals surface area contributed by atoms with Gasteiger partial charge in [0.2, 0.25) is 0 Å². The Hall–Kier alpha value is -1.53. The molecule has 6 heteroatoms. The first-order valence-corrected chi connectivity index (χ1v) is 7.06. The molecule has 102 valence electrons. The Labute approximate surface area is 116 Å². The molecule has 3 N–H and O–H groups in total. The van der Waals surface area contributed by atoms with E-state index in [1.807, 2.05) is 18.2 Å². The maximum atomic E-state index is 11.4. The van der Waals surface area contributed by atoms with Gasteiger partial charge in [-0.25, -0.2) is 9.89 Å². The van der Waals surface area contributed by atoms with Crippen LogP contribution in [0.3, 0.4) is 0 Å². The van der Waals surface area contributed by atoms with Crippen LogP contribution >= 0.6 is 11.8 Å². The molecular weight excluding hydrogens is 260 g/mol. The highest BCUT2D eigenvalue weighted by Gasteiger charge is 2.11. The molecule has 0 saturated carbocycles. The fraction of sp³-hybridized carbons (Fsp3) is 0.385. The van der Waals surface area contributed by atoms with Gasteiger partial charge in [0.15, 0.2) is 5.16 Å². The first-order chi connectivity index (χ1) is 9.11. The standard InChI is InChI=1S/C13H18N4OS/c1-3-10(14)8-9-6-4-5-7-11(9)19-13-16-15-12(18)17(13)2/h4-7,10H,3,8,14H2,1-2H3,(H,15,18). The van der Waals surface area contributed by atoms with E-state index in [2.05, 4.69) is 23.2 Å². The lowest BCUT2D eigenvalue weighted by Crippen LogP contribution is -2.21. The third kappa shape index (κ3) is 3.27. The van der Waals surface area contributed by atoms with E-state index in [1.165, 1.54) is 21.9 Å². The van der Waals surface area contributed by atoms with Crippen molar-refractivity contribution >= 4 is 11.8 Å². The van der Waals surface area contributed by atoms with E-state index in [1.54, 1.807) is 7.05 Å². The molecule has 2 aromatic rings. The van der Waals surface area contributed by atoms with Crippen molar-refractivity contribution in [3.63, 3.8) is 0 Å². The van der Waals surface area contributed by atoms with E-state index in [-0.39, 0.29) is 11.7 Å². The predicted molar refractivity (Wildman–Crippen MR) is 76.4 cm³/mol. The third-order valence-electron chi connectivity index (χ3n) is 3.02. The van der Waals surface area contributed by atoms with E-state index >= 15 is 0 Å². The van der Waals surface area contributed by atoms with Gasteiger partial charge in [0.05, 0.1) is 0 Å². The molecule has 0 fully saturated rings. The maximum absolute atomic E-state index is 11.4. The van der Waals surface area contributed by atoms with Crippen molar-refractivity contribution in [1.82, 2.24) is 14.8 Å². The molecule has 19 heavy (non-hydrogen) atoms. The zero-order valence-electron chi connectivity index (χ0n) is 11.1. The molecule has 0 spiro atoms. The van der Waals surface area contributed by atoms with Crippen molar-refractivity contribution in [3.8, 4) is 0 Å². The number of benzene rings is 1. The number of hydrogen-bond acceptors (Lipinski definition) is 4. The van der Waals surface area contributed by atoms with Gasteiger partial charge in [-0.05, 0) is 36.2 Å². The zero-order chi connectivity index (χ0) is 13.8. The molecule has 1 aromatic heterocycles. The van der Waals surface area contributed by atoms with Crippen LogP contribution in [0.2, 0.25) is 0 Å². The minimum absolute atomic E-state index is 0.157. The van der Waals surface area contributed by atoms with E-state index < -0.39 is 0 Å². The number of aromatic nitrogens is 3. The Kier molecular flexibility index (Phi) is 4.44. The average molecular weight is 278 g/mol. The molecule has 0 aliphatic carbocycles. The predicted octanol–water partition coefficient (Wildman–Crippen LogP) is 1.54. The topological polar surface area (TPSA) is 76.7 Å². The molecule has 0 radical (unpaired) electrons. The van der Waals surface area contributed by atoms with Crippen molar-refractivity contribution < 1.29 is 0 Å². The van der Waals surface area contributed by atoms with E-state index in [0.717, 1.165) is 17.7 Å². The van der Waals surface area contributed by atoms with Crippen LogP contribution in [0.1, 0.15) is 18.9 Å². The van der Waals surface area contributed by atoms with Gasteiger partial charge in [-0.2, -0.15) is 0 Å². The van der Waals surface area contributed by atoms with E-state index in [4.69, 9.17) is 5.73 Å². The molecule has 1 unspecified atom stereocenters. The van der Waals surface area contributed by atoms with Crippen molar-refractivity contribution in [2.24, 2.45) is 12.8 Å². The Morgan fingerprint density at radius 3 is 2.84 bits per heavy atom. The summed E-state index contributed by atoms with van der Waals surface area (Å²) in [7, 11) is 1.70. The Bertz CT molecular complexity index is 605. The van der Waals surface area contributed by atoms with Crippen LogP contribution in [-0.4, -0.2) is 20.8 Å². The van der Waals surface area contributed by atoms with Gasteiger partial charge in [-0.3, -0.25) is 4.57 Å². The Balaban J connectivity index is 2.25. The minimum Gasteiger partial charge on any atom is -0.327 e. The van der Waals surface area contributed by atoms with Gasteiger partial charge in [0.1, 0.15) is 0 Å². The van der Waals surface area contributed by atoms with E-state index in [9.17, 15) is 4.79 Å². The van der Waals surface area contributed by atoms with Crippen LogP contribution in [0.25, 0.3) is 0 Å². The van der Waals surface area contributed by atoms with Crippen LogP contribution in [-0.2, 0) is 13.5 Å². The van der Waals surface area contributed by atoms with Gasteiger partial charge in [0, 0.05) is 18.0 Å². The molecule has 5 nitrogen and oxygen atoms in total. The van der Waals surface area contributed by atoms with Crippen molar-refractivity contribution in [3.05, 3.63) is 40.3 Å². The summed E-state index contributed by atoms with van der Waals surface area (Å²) in [5, 5.41) is 7.10. The number of rotatable bonds is 5. The lowest BCUT2D eigenvalue weighted by molar-refractivity contribution is 0.641. The molecule has 0 saturated heterocycles. The van der Waals surface area contributed by atoms with Crippen molar-refractivity contribution in [2.75, 3.05) is 0 Å². The molecule has 0 aliphatic rings. The van der Waals surface area contributed by atoms with Crippen molar-refractivity contribution in [1.29, 1.82) is 0 Å². The number of aromatic amines is 1. The molecule has 0 amide bonds. The zero-order valence-corrected chi connectivity index (χ0v) is 11.9.